The fourth-order valence-electron chi connectivity index (χ4n) is 2.92. The van der Waals surface area contributed by atoms with Crippen molar-refractivity contribution < 1.29 is 14.5 Å². The predicted octanol–water partition coefficient (Wildman–Crippen LogP) is 3.03. The molecule has 1 amide bonds. The van der Waals surface area contributed by atoms with Crippen molar-refractivity contribution in [2.75, 3.05) is 18.2 Å². The number of nitrogens with zero attached hydrogens (tertiary/aromatic N) is 5. The number of amides is 1. The Kier molecular flexibility index (Phi) is 5.95. The standard InChI is InChI=1S/C20H21N5O5/c1-4-22(20(27)30-5-2)24-18(15-7-6-8-17(13-15)25(28)29)21-23(19(24)26)16-11-9-14(3)10-12-16/h6-13H,4-5H2,1-3H3. The monoisotopic (exact) mass is 411 g/mol. The average molecular weight is 411 g/mol. The van der Waals surface area contributed by atoms with Crippen molar-refractivity contribution in [3.8, 4) is 17.1 Å². The first-order valence-electron chi connectivity index (χ1n) is 9.35. The van der Waals surface area contributed by atoms with E-state index in [1.165, 1.54) is 18.2 Å². The molecule has 0 atom stereocenters. The number of nitro benzene ring substituents is 1. The van der Waals surface area contributed by atoms with Gasteiger partial charge in [0.15, 0.2) is 5.82 Å². The molecule has 156 valence electrons. The van der Waals surface area contributed by atoms with Crippen LogP contribution in [0.4, 0.5) is 10.5 Å². The number of aromatic nitrogens is 3. The normalized spacial score (nSPS) is 10.6. The minimum atomic E-state index is -0.725. The third kappa shape index (κ3) is 3.93. The molecule has 0 aliphatic carbocycles. The van der Waals surface area contributed by atoms with E-state index in [4.69, 9.17) is 4.74 Å². The smallest absolute Gasteiger partial charge is 0.429 e. The maximum absolute atomic E-state index is 13.3. The van der Waals surface area contributed by atoms with Crippen LogP contribution in [0, 0.1) is 17.0 Å². The Bertz CT molecular complexity index is 1130. The third-order valence-electron chi connectivity index (χ3n) is 4.37. The highest BCUT2D eigenvalue weighted by Crippen LogP contribution is 2.23. The van der Waals surface area contributed by atoms with Crippen LogP contribution in [0.15, 0.2) is 53.3 Å². The molecular formula is C20H21N5O5. The molecule has 3 aromatic rings. The Balaban J connectivity index is 2.26. The third-order valence-corrected chi connectivity index (χ3v) is 4.37. The summed E-state index contributed by atoms with van der Waals surface area (Å²) in [6.07, 6.45) is -0.725. The van der Waals surface area contributed by atoms with E-state index in [9.17, 15) is 19.7 Å². The van der Waals surface area contributed by atoms with Crippen LogP contribution >= 0.6 is 0 Å². The lowest BCUT2D eigenvalue weighted by atomic mass is 10.2. The van der Waals surface area contributed by atoms with Crippen molar-refractivity contribution in [3.05, 3.63) is 74.7 Å². The summed E-state index contributed by atoms with van der Waals surface area (Å²) in [5.41, 5.74) is 1.06. The minimum Gasteiger partial charge on any atom is -0.448 e. The molecule has 0 aliphatic heterocycles. The minimum absolute atomic E-state index is 0.0826. The summed E-state index contributed by atoms with van der Waals surface area (Å²) >= 11 is 0. The van der Waals surface area contributed by atoms with Crippen molar-refractivity contribution >= 4 is 11.8 Å². The molecule has 10 heteroatoms. The molecule has 30 heavy (non-hydrogen) atoms. The first-order chi connectivity index (χ1) is 14.4. The molecule has 0 saturated carbocycles. The number of aryl methyl sites for hydroxylation is 1. The highest BCUT2D eigenvalue weighted by molar-refractivity contribution is 5.79. The predicted molar refractivity (Wildman–Crippen MR) is 110 cm³/mol. The number of hydrogen-bond donors (Lipinski definition) is 0. The zero-order valence-electron chi connectivity index (χ0n) is 16.8. The van der Waals surface area contributed by atoms with Crippen molar-refractivity contribution in [1.29, 1.82) is 0 Å². The highest BCUT2D eigenvalue weighted by atomic mass is 16.6. The molecule has 0 aliphatic rings. The van der Waals surface area contributed by atoms with Gasteiger partial charge in [-0.05, 0) is 32.9 Å². The van der Waals surface area contributed by atoms with E-state index in [1.54, 1.807) is 32.0 Å². The highest BCUT2D eigenvalue weighted by Gasteiger charge is 2.26. The van der Waals surface area contributed by atoms with E-state index >= 15 is 0 Å². The van der Waals surface area contributed by atoms with Gasteiger partial charge in [0.05, 0.1) is 17.2 Å². The molecule has 1 heterocycles. The summed E-state index contributed by atoms with van der Waals surface area (Å²) in [5, 5.41) is 16.7. The first-order valence-corrected chi connectivity index (χ1v) is 9.35. The second-order valence-corrected chi connectivity index (χ2v) is 6.39. The lowest BCUT2D eigenvalue weighted by Gasteiger charge is -2.21. The summed E-state index contributed by atoms with van der Waals surface area (Å²) in [4.78, 5) is 36.4. The van der Waals surface area contributed by atoms with Gasteiger partial charge in [-0.3, -0.25) is 10.1 Å². The molecule has 0 radical (unpaired) electrons. The molecule has 1 aromatic heterocycles. The lowest BCUT2D eigenvalue weighted by molar-refractivity contribution is -0.384. The summed E-state index contributed by atoms with van der Waals surface area (Å²) in [6, 6.07) is 12.8. The van der Waals surface area contributed by atoms with E-state index in [0.29, 0.717) is 11.3 Å². The van der Waals surface area contributed by atoms with Gasteiger partial charge in [-0.1, -0.05) is 29.8 Å². The molecule has 2 aromatic carbocycles. The number of carbonyl (C=O) groups is 1. The van der Waals surface area contributed by atoms with Gasteiger partial charge in [-0.2, -0.15) is 9.36 Å². The van der Waals surface area contributed by atoms with Crippen molar-refractivity contribution in [1.82, 2.24) is 14.5 Å². The maximum atomic E-state index is 13.3. The molecule has 0 N–H and O–H groups in total. The van der Waals surface area contributed by atoms with Crippen LogP contribution in [0.5, 0.6) is 0 Å². The van der Waals surface area contributed by atoms with E-state index in [-0.39, 0.29) is 24.7 Å². The fraction of sp³-hybridized carbons (Fsp3) is 0.250. The lowest BCUT2D eigenvalue weighted by Crippen LogP contribution is -2.47. The molecule has 0 unspecified atom stereocenters. The molecule has 0 saturated heterocycles. The number of hydrogen-bond acceptors (Lipinski definition) is 6. The van der Waals surface area contributed by atoms with Crippen LogP contribution < -0.4 is 10.7 Å². The van der Waals surface area contributed by atoms with Crippen LogP contribution in [0.1, 0.15) is 19.4 Å². The zero-order valence-corrected chi connectivity index (χ0v) is 16.8. The van der Waals surface area contributed by atoms with Crippen molar-refractivity contribution in [3.63, 3.8) is 0 Å². The first kappa shape index (κ1) is 20.8. The number of ether oxygens (including phenoxy) is 1. The van der Waals surface area contributed by atoms with Gasteiger partial charge < -0.3 is 4.74 Å². The number of non-ortho nitro benzene ring substituents is 1. The average Bonchev–Trinajstić information content (AvgIpc) is 3.07. The molecule has 3 rings (SSSR count). The SMILES string of the molecule is CCOC(=O)N(CC)n1c(-c2cccc([N+](=O)[O-])c2)nn(-c2ccc(C)cc2)c1=O. The van der Waals surface area contributed by atoms with Gasteiger partial charge >= 0.3 is 11.8 Å². The van der Waals surface area contributed by atoms with E-state index in [0.717, 1.165) is 19.9 Å². The van der Waals surface area contributed by atoms with Gasteiger partial charge in [0.1, 0.15) is 0 Å². The largest absolute Gasteiger partial charge is 0.448 e. The van der Waals surface area contributed by atoms with Gasteiger partial charge in [-0.25, -0.2) is 14.6 Å². The van der Waals surface area contributed by atoms with Crippen LogP contribution in [-0.2, 0) is 4.74 Å². The Hall–Kier alpha value is -3.95. The number of rotatable bonds is 6. The summed E-state index contributed by atoms with van der Waals surface area (Å²) in [7, 11) is 0. The van der Waals surface area contributed by atoms with Gasteiger partial charge in [0.25, 0.3) is 5.69 Å². The molecular weight excluding hydrogens is 390 g/mol. The fourth-order valence-corrected chi connectivity index (χ4v) is 2.92. The molecule has 0 spiro atoms. The molecule has 10 nitrogen and oxygen atoms in total. The Morgan fingerprint density at radius 2 is 1.90 bits per heavy atom. The zero-order chi connectivity index (χ0) is 21.8. The van der Waals surface area contributed by atoms with Crippen LogP contribution in [0.25, 0.3) is 17.1 Å². The molecule has 0 bridgehead atoms. The summed E-state index contributed by atoms with van der Waals surface area (Å²) in [6.45, 7) is 5.51. The maximum Gasteiger partial charge on any atom is 0.429 e. The van der Waals surface area contributed by atoms with Crippen LogP contribution in [-0.4, -0.2) is 38.6 Å². The van der Waals surface area contributed by atoms with Crippen molar-refractivity contribution in [2.24, 2.45) is 0 Å². The number of carbonyl (C=O) groups excluding carboxylic acids is 1. The van der Waals surface area contributed by atoms with E-state index in [2.05, 4.69) is 5.10 Å². The summed E-state index contributed by atoms with van der Waals surface area (Å²) in [5.74, 6) is 0.0826. The number of benzene rings is 2. The Labute approximate surface area is 172 Å². The van der Waals surface area contributed by atoms with Crippen molar-refractivity contribution in [2.45, 2.75) is 20.8 Å². The second kappa shape index (κ2) is 8.60. The van der Waals surface area contributed by atoms with Crippen LogP contribution in [0.2, 0.25) is 0 Å². The van der Waals surface area contributed by atoms with Crippen LogP contribution in [0.3, 0.4) is 0 Å². The van der Waals surface area contributed by atoms with Gasteiger partial charge in [-0.15, -0.1) is 5.10 Å². The Morgan fingerprint density at radius 3 is 2.50 bits per heavy atom. The van der Waals surface area contributed by atoms with Gasteiger partial charge in [0.2, 0.25) is 0 Å². The number of nitro groups is 1. The molecule has 0 fully saturated rings. The van der Waals surface area contributed by atoms with Gasteiger partial charge in [0, 0.05) is 24.2 Å². The second-order valence-electron chi connectivity index (χ2n) is 6.39. The Morgan fingerprint density at radius 1 is 1.20 bits per heavy atom. The quantitative estimate of drug-likeness (QED) is 0.455. The van der Waals surface area contributed by atoms with E-state index < -0.39 is 16.7 Å². The topological polar surface area (TPSA) is 112 Å². The summed E-state index contributed by atoms with van der Waals surface area (Å²) < 4.78 is 7.30. The van der Waals surface area contributed by atoms with E-state index in [1.807, 2.05) is 19.1 Å².